The molecule has 1 aromatic heterocycles. The number of aryl methyl sites for hydroxylation is 1. The first-order valence-electron chi connectivity index (χ1n) is 11.6. The average molecular weight is 399 g/mol. The molecule has 1 amide bonds. The van der Waals surface area contributed by atoms with Crippen LogP contribution in [0.2, 0.25) is 0 Å². The zero-order valence-corrected chi connectivity index (χ0v) is 18.6. The van der Waals surface area contributed by atoms with Gasteiger partial charge in [-0.15, -0.1) is 0 Å². The van der Waals surface area contributed by atoms with Gasteiger partial charge in [-0.3, -0.25) is 9.69 Å². The molecule has 160 valence electrons. The molecule has 0 aliphatic carbocycles. The van der Waals surface area contributed by atoms with Gasteiger partial charge in [0.25, 0.3) is 0 Å². The predicted octanol–water partition coefficient (Wildman–Crippen LogP) is 4.70. The second-order valence-corrected chi connectivity index (χ2v) is 8.37. The normalized spacial score (nSPS) is 17.7. The summed E-state index contributed by atoms with van der Waals surface area (Å²) in [7, 11) is 0. The highest BCUT2D eigenvalue weighted by Crippen LogP contribution is 2.23. The standard InChI is InChI=1S/C24H38N4O/c1-4-7-16-27(17-8-5-2)24(29)20-12-11-15-26(18-20)19-23-25-21-13-9-10-14-22(21)28(23)6-3/h9-10,13-14,20H,4-8,11-12,15-19H2,1-3H3/t20-/m1/s1. The molecule has 1 fully saturated rings. The third-order valence-corrected chi connectivity index (χ3v) is 6.14. The van der Waals surface area contributed by atoms with E-state index in [2.05, 4.69) is 59.4 Å². The maximum atomic E-state index is 13.3. The lowest BCUT2D eigenvalue weighted by atomic mass is 9.96. The van der Waals surface area contributed by atoms with Crippen LogP contribution >= 0.6 is 0 Å². The van der Waals surface area contributed by atoms with E-state index in [4.69, 9.17) is 4.98 Å². The summed E-state index contributed by atoms with van der Waals surface area (Å²) in [6.45, 7) is 12.1. The van der Waals surface area contributed by atoms with Crippen molar-refractivity contribution in [2.75, 3.05) is 26.2 Å². The number of likely N-dealkylation sites (tertiary alicyclic amines) is 1. The molecule has 0 bridgehead atoms. The minimum absolute atomic E-state index is 0.136. The zero-order chi connectivity index (χ0) is 20.6. The SMILES string of the molecule is CCCCN(CCCC)C(=O)[C@@H]1CCCN(Cc2nc3ccccc3n2CC)C1. The fourth-order valence-corrected chi connectivity index (χ4v) is 4.49. The van der Waals surface area contributed by atoms with Crippen LogP contribution in [0.1, 0.15) is 65.1 Å². The van der Waals surface area contributed by atoms with E-state index in [1.54, 1.807) is 0 Å². The van der Waals surface area contributed by atoms with Crippen molar-refractivity contribution in [3.05, 3.63) is 30.1 Å². The van der Waals surface area contributed by atoms with Gasteiger partial charge in [0.2, 0.25) is 5.91 Å². The van der Waals surface area contributed by atoms with Crippen molar-refractivity contribution in [1.29, 1.82) is 0 Å². The van der Waals surface area contributed by atoms with Crippen LogP contribution in [0.25, 0.3) is 11.0 Å². The number of hydrogen-bond acceptors (Lipinski definition) is 3. The van der Waals surface area contributed by atoms with Crippen LogP contribution < -0.4 is 0 Å². The Kier molecular flexibility index (Phi) is 8.10. The minimum Gasteiger partial charge on any atom is -0.342 e. The summed E-state index contributed by atoms with van der Waals surface area (Å²) in [4.78, 5) is 22.7. The van der Waals surface area contributed by atoms with Gasteiger partial charge in [0.05, 0.1) is 23.5 Å². The molecule has 1 atom stereocenters. The Morgan fingerprint density at radius 3 is 2.55 bits per heavy atom. The molecule has 1 aliphatic heterocycles. The van der Waals surface area contributed by atoms with Gasteiger partial charge in [-0.25, -0.2) is 4.98 Å². The number of carbonyl (C=O) groups excluding carboxylic acids is 1. The molecule has 29 heavy (non-hydrogen) atoms. The van der Waals surface area contributed by atoms with E-state index < -0.39 is 0 Å². The largest absolute Gasteiger partial charge is 0.342 e. The molecule has 2 heterocycles. The van der Waals surface area contributed by atoms with E-state index in [0.717, 1.165) is 89.1 Å². The van der Waals surface area contributed by atoms with Gasteiger partial charge in [0.15, 0.2) is 0 Å². The van der Waals surface area contributed by atoms with E-state index in [1.807, 2.05) is 0 Å². The van der Waals surface area contributed by atoms with Gasteiger partial charge in [-0.2, -0.15) is 0 Å². The summed E-state index contributed by atoms with van der Waals surface area (Å²) in [5, 5.41) is 0. The maximum absolute atomic E-state index is 13.3. The summed E-state index contributed by atoms with van der Waals surface area (Å²) in [6.07, 6.45) is 6.60. The van der Waals surface area contributed by atoms with Crippen LogP contribution in [-0.2, 0) is 17.9 Å². The van der Waals surface area contributed by atoms with Crippen molar-refractivity contribution >= 4 is 16.9 Å². The molecule has 3 rings (SSSR count). The van der Waals surface area contributed by atoms with Crippen molar-refractivity contribution in [1.82, 2.24) is 19.4 Å². The Labute approximate surface area is 176 Å². The highest BCUT2D eigenvalue weighted by atomic mass is 16.2. The molecular weight excluding hydrogens is 360 g/mol. The topological polar surface area (TPSA) is 41.4 Å². The number of amides is 1. The predicted molar refractivity (Wildman–Crippen MR) is 120 cm³/mol. The van der Waals surface area contributed by atoms with Crippen LogP contribution in [0, 0.1) is 5.92 Å². The van der Waals surface area contributed by atoms with E-state index in [1.165, 1.54) is 5.52 Å². The molecule has 2 aromatic rings. The fourth-order valence-electron chi connectivity index (χ4n) is 4.49. The Morgan fingerprint density at radius 1 is 1.14 bits per heavy atom. The summed E-state index contributed by atoms with van der Waals surface area (Å²) in [5.74, 6) is 1.63. The first-order chi connectivity index (χ1) is 14.2. The van der Waals surface area contributed by atoms with Gasteiger partial charge in [-0.05, 0) is 51.3 Å². The van der Waals surface area contributed by atoms with Crippen LogP contribution in [0.4, 0.5) is 0 Å². The van der Waals surface area contributed by atoms with Gasteiger partial charge < -0.3 is 9.47 Å². The lowest BCUT2D eigenvalue weighted by Gasteiger charge is -2.35. The van der Waals surface area contributed by atoms with Crippen molar-refractivity contribution in [2.24, 2.45) is 5.92 Å². The lowest BCUT2D eigenvalue weighted by molar-refractivity contribution is -0.137. The van der Waals surface area contributed by atoms with Gasteiger partial charge in [0, 0.05) is 26.2 Å². The number of carbonyl (C=O) groups is 1. The Bertz CT molecular complexity index is 776. The third-order valence-electron chi connectivity index (χ3n) is 6.14. The Balaban J connectivity index is 1.67. The molecule has 0 radical (unpaired) electrons. The molecule has 0 saturated carbocycles. The highest BCUT2D eigenvalue weighted by molar-refractivity contribution is 5.79. The second kappa shape index (κ2) is 10.8. The summed E-state index contributed by atoms with van der Waals surface area (Å²) >= 11 is 0. The van der Waals surface area contributed by atoms with E-state index in [0.29, 0.717) is 5.91 Å². The smallest absolute Gasteiger partial charge is 0.226 e. The molecule has 5 nitrogen and oxygen atoms in total. The molecule has 1 saturated heterocycles. The van der Waals surface area contributed by atoms with E-state index in [9.17, 15) is 4.79 Å². The summed E-state index contributed by atoms with van der Waals surface area (Å²) in [5.41, 5.74) is 2.28. The van der Waals surface area contributed by atoms with Gasteiger partial charge >= 0.3 is 0 Å². The first kappa shape index (κ1) is 21.8. The fraction of sp³-hybridized carbons (Fsp3) is 0.667. The number of rotatable bonds is 10. The molecule has 0 N–H and O–H groups in total. The number of benzene rings is 1. The van der Waals surface area contributed by atoms with Gasteiger partial charge in [0.1, 0.15) is 5.82 Å². The molecule has 0 spiro atoms. The molecule has 1 aromatic carbocycles. The van der Waals surface area contributed by atoms with Crippen LogP contribution in [0.5, 0.6) is 0 Å². The lowest BCUT2D eigenvalue weighted by Crippen LogP contribution is -2.45. The summed E-state index contributed by atoms with van der Waals surface area (Å²) in [6, 6.07) is 8.37. The van der Waals surface area contributed by atoms with Crippen molar-refractivity contribution < 1.29 is 4.79 Å². The Morgan fingerprint density at radius 2 is 1.86 bits per heavy atom. The van der Waals surface area contributed by atoms with Crippen molar-refractivity contribution in [3.8, 4) is 0 Å². The highest BCUT2D eigenvalue weighted by Gasteiger charge is 2.29. The number of piperidine rings is 1. The number of imidazole rings is 1. The van der Waals surface area contributed by atoms with Gasteiger partial charge in [-0.1, -0.05) is 38.8 Å². The quantitative estimate of drug-likeness (QED) is 0.583. The van der Waals surface area contributed by atoms with E-state index >= 15 is 0 Å². The van der Waals surface area contributed by atoms with Crippen LogP contribution in [-0.4, -0.2) is 51.4 Å². The number of unbranched alkanes of at least 4 members (excludes halogenated alkanes) is 2. The van der Waals surface area contributed by atoms with E-state index in [-0.39, 0.29) is 5.92 Å². The number of fused-ring (bicyclic) bond motifs is 1. The second-order valence-electron chi connectivity index (χ2n) is 8.37. The monoisotopic (exact) mass is 398 g/mol. The van der Waals surface area contributed by atoms with Crippen molar-refractivity contribution in [2.45, 2.75) is 72.4 Å². The van der Waals surface area contributed by atoms with Crippen LogP contribution in [0.3, 0.4) is 0 Å². The molecule has 1 aliphatic rings. The third kappa shape index (κ3) is 5.39. The minimum atomic E-state index is 0.136. The average Bonchev–Trinajstić information content (AvgIpc) is 3.10. The number of hydrogen-bond donors (Lipinski definition) is 0. The number of para-hydroxylation sites is 2. The Hall–Kier alpha value is -1.88. The number of nitrogens with zero attached hydrogens (tertiary/aromatic N) is 4. The maximum Gasteiger partial charge on any atom is 0.226 e. The first-order valence-corrected chi connectivity index (χ1v) is 11.6. The van der Waals surface area contributed by atoms with Crippen molar-refractivity contribution in [3.63, 3.8) is 0 Å². The molecular formula is C24H38N4O. The zero-order valence-electron chi connectivity index (χ0n) is 18.6. The molecule has 5 heteroatoms. The summed E-state index contributed by atoms with van der Waals surface area (Å²) < 4.78 is 2.32. The number of aromatic nitrogens is 2. The molecule has 0 unspecified atom stereocenters. The van der Waals surface area contributed by atoms with Crippen LogP contribution in [0.15, 0.2) is 24.3 Å².